The monoisotopic (exact) mass is 216 g/mol. The summed E-state index contributed by atoms with van der Waals surface area (Å²) >= 11 is 0. The minimum absolute atomic E-state index is 0.381. The third-order valence-electron chi connectivity index (χ3n) is 1.79. The first-order chi connectivity index (χ1) is 6.16. The van der Waals surface area contributed by atoms with Crippen LogP contribution in [0.2, 0.25) is 0 Å². The predicted octanol–water partition coefficient (Wildman–Crippen LogP) is 1.41. The van der Waals surface area contributed by atoms with E-state index in [1.165, 1.54) is 0 Å². The van der Waals surface area contributed by atoms with Gasteiger partial charge >= 0.3 is 0 Å². The van der Waals surface area contributed by atoms with E-state index in [0.717, 1.165) is 0 Å². The van der Waals surface area contributed by atoms with Gasteiger partial charge in [0.1, 0.15) is 0 Å². The molecule has 14 heavy (non-hydrogen) atoms. The van der Waals surface area contributed by atoms with Gasteiger partial charge in [-0.25, -0.2) is 0 Å². The summed E-state index contributed by atoms with van der Waals surface area (Å²) in [4.78, 5) is 0. The highest BCUT2D eigenvalue weighted by molar-refractivity contribution is 7.85. The highest BCUT2D eigenvalue weighted by atomic mass is 32.2. The van der Waals surface area contributed by atoms with Crippen molar-refractivity contribution in [3.63, 3.8) is 0 Å². The van der Waals surface area contributed by atoms with Gasteiger partial charge in [-0.1, -0.05) is 0 Å². The normalized spacial score (nSPS) is 14.9. The predicted molar refractivity (Wildman–Crippen MR) is 60.2 cm³/mol. The summed E-state index contributed by atoms with van der Waals surface area (Å²) in [5, 5.41) is 8.77. The first kappa shape index (κ1) is 13.6. The summed E-state index contributed by atoms with van der Waals surface area (Å²) in [6, 6.07) is 2.19. The van der Waals surface area contributed by atoms with Crippen molar-refractivity contribution < 1.29 is 4.21 Å². The molecule has 1 atom stereocenters. The van der Waals surface area contributed by atoms with E-state index in [-0.39, 0.29) is 11.0 Å². The lowest BCUT2D eigenvalue weighted by Crippen LogP contribution is -2.38. The number of nitriles is 1. The average molecular weight is 216 g/mol. The van der Waals surface area contributed by atoms with Crippen molar-refractivity contribution in [3.05, 3.63) is 0 Å². The van der Waals surface area contributed by atoms with Crippen molar-refractivity contribution >= 4 is 10.8 Å². The van der Waals surface area contributed by atoms with Crippen LogP contribution in [-0.4, -0.2) is 21.3 Å². The molecule has 0 amide bonds. The van der Waals surface area contributed by atoms with Crippen molar-refractivity contribution in [1.29, 1.82) is 5.26 Å². The Labute approximate surface area is 89.1 Å². The zero-order chi connectivity index (χ0) is 11.4. The zero-order valence-corrected chi connectivity index (χ0v) is 10.3. The molecule has 0 saturated heterocycles. The van der Waals surface area contributed by atoms with Crippen LogP contribution in [0.1, 0.15) is 34.1 Å². The fourth-order valence-corrected chi connectivity index (χ4v) is 2.62. The van der Waals surface area contributed by atoms with Crippen molar-refractivity contribution in [3.8, 4) is 6.07 Å². The smallest absolute Gasteiger partial charge is 0.0684 e. The Morgan fingerprint density at radius 3 is 2.21 bits per heavy atom. The van der Waals surface area contributed by atoms with E-state index in [9.17, 15) is 4.21 Å². The summed E-state index contributed by atoms with van der Waals surface area (Å²) in [5.41, 5.74) is 4.98. The Balaban J connectivity index is 3.95. The molecule has 4 heteroatoms. The second-order valence-electron chi connectivity index (χ2n) is 5.02. The lowest BCUT2D eigenvalue weighted by molar-refractivity contribution is 0.477. The molecule has 0 aliphatic heterocycles. The standard InChI is InChI=1S/C10H20N2OS/c1-9(2,7-11)5-6-14(13)8-10(3,4)12/h5-6,8,12H2,1-4H3. The first-order valence-corrected chi connectivity index (χ1v) is 6.20. The molecule has 0 aromatic heterocycles. The number of hydrogen-bond donors (Lipinski definition) is 1. The van der Waals surface area contributed by atoms with Gasteiger partial charge in [0.2, 0.25) is 0 Å². The molecule has 0 rings (SSSR count). The van der Waals surface area contributed by atoms with E-state index in [2.05, 4.69) is 6.07 Å². The average Bonchev–Trinajstić information content (AvgIpc) is 1.98. The lowest BCUT2D eigenvalue weighted by Gasteiger charge is -2.19. The van der Waals surface area contributed by atoms with Gasteiger partial charge in [0.15, 0.2) is 0 Å². The van der Waals surface area contributed by atoms with Crippen LogP contribution in [0, 0.1) is 16.7 Å². The van der Waals surface area contributed by atoms with E-state index >= 15 is 0 Å². The topological polar surface area (TPSA) is 66.9 Å². The quantitative estimate of drug-likeness (QED) is 0.755. The van der Waals surface area contributed by atoms with Gasteiger partial charge in [-0.15, -0.1) is 0 Å². The van der Waals surface area contributed by atoms with E-state index in [4.69, 9.17) is 11.0 Å². The Kier molecular flexibility index (Phi) is 4.76. The maximum Gasteiger partial charge on any atom is 0.0684 e. The molecular weight excluding hydrogens is 196 g/mol. The number of nitrogens with two attached hydrogens (primary N) is 1. The third-order valence-corrected chi connectivity index (χ3v) is 3.52. The van der Waals surface area contributed by atoms with E-state index in [1.54, 1.807) is 0 Å². The van der Waals surface area contributed by atoms with Crippen molar-refractivity contribution in [2.75, 3.05) is 11.5 Å². The molecule has 82 valence electrons. The molecule has 0 spiro atoms. The van der Waals surface area contributed by atoms with E-state index in [0.29, 0.717) is 17.9 Å². The molecule has 0 saturated carbocycles. The van der Waals surface area contributed by atoms with Crippen LogP contribution in [0.4, 0.5) is 0 Å². The summed E-state index contributed by atoms with van der Waals surface area (Å²) in [7, 11) is -0.914. The summed E-state index contributed by atoms with van der Waals surface area (Å²) < 4.78 is 11.5. The van der Waals surface area contributed by atoms with Crippen LogP contribution in [-0.2, 0) is 10.8 Å². The van der Waals surface area contributed by atoms with Crippen LogP contribution in [0.3, 0.4) is 0 Å². The molecule has 0 aliphatic carbocycles. The fourth-order valence-electron chi connectivity index (χ4n) is 0.912. The number of nitrogens with zero attached hydrogens (tertiary/aromatic N) is 1. The second-order valence-corrected chi connectivity index (χ2v) is 6.60. The summed E-state index contributed by atoms with van der Waals surface area (Å²) in [5.74, 6) is 1.05. The SMILES string of the molecule is CC(C)(N)CS(=O)CCC(C)(C)C#N. The maximum atomic E-state index is 11.5. The minimum atomic E-state index is -0.914. The number of rotatable bonds is 5. The molecule has 0 radical (unpaired) electrons. The molecule has 2 N–H and O–H groups in total. The molecule has 0 heterocycles. The van der Waals surface area contributed by atoms with Gasteiger partial charge in [0, 0.05) is 27.8 Å². The van der Waals surface area contributed by atoms with Crippen molar-refractivity contribution in [2.24, 2.45) is 11.1 Å². The summed E-state index contributed by atoms with van der Waals surface area (Å²) in [6.45, 7) is 7.44. The van der Waals surface area contributed by atoms with Gasteiger partial charge in [0.05, 0.1) is 11.5 Å². The van der Waals surface area contributed by atoms with Crippen LogP contribution in [0.25, 0.3) is 0 Å². The highest BCUT2D eigenvalue weighted by Crippen LogP contribution is 2.19. The van der Waals surface area contributed by atoms with Crippen molar-refractivity contribution in [2.45, 2.75) is 39.7 Å². The molecule has 0 aliphatic rings. The van der Waals surface area contributed by atoms with Gasteiger partial charge in [0.25, 0.3) is 0 Å². The largest absolute Gasteiger partial charge is 0.325 e. The Bertz CT molecular complexity index is 248. The maximum absolute atomic E-state index is 11.5. The van der Waals surface area contributed by atoms with E-state index in [1.807, 2.05) is 27.7 Å². The third kappa shape index (κ3) is 7.05. The molecule has 1 unspecified atom stereocenters. The molecule has 3 nitrogen and oxygen atoms in total. The summed E-state index contributed by atoms with van der Waals surface area (Å²) in [6.07, 6.45) is 0.659. The van der Waals surface area contributed by atoms with Crippen LogP contribution < -0.4 is 5.73 Å². The minimum Gasteiger partial charge on any atom is -0.325 e. The Morgan fingerprint density at radius 2 is 1.86 bits per heavy atom. The zero-order valence-electron chi connectivity index (χ0n) is 9.46. The van der Waals surface area contributed by atoms with Gasteiger partial charge < -0.3 is 5.73 Å². The Hall–Kier alpha value is -0.400. The van der Waals surface area contributed by atoms with Gasteiger partial charge in [-0.3, -0.25) is 4.21 Å². The molecule has 0 aromatic rings. The fraction of sp³-hybridized carbons (Fsp3) is 0.900. The first-order valence-electron chi connectivity index (χ1n) is 4.71. The lowest BCUT2D eigenvalue weighted by atomic mass is 9.93. The van der Waals surface area contributed by atoms with Crippen LogP contribution in [0.15, 0.2) is 0 Å². The molecule has 0 bridgehead atoms. The molecular formula is C10H20N2OS. The highest BCUT2D eigenvalue weighted by Gasteiger charge is 2.20. The van der Waals surface area contributed by atoms with Gasteiger partial charge in [-0.05, 0) is 34.1 Å². The van der Waals surface area contributed by atoms with Crippen LogP contribution >= 0.6 is 0 Å². The molecule has 0 aromatic carbocycles. The van der Waals surface area contributed by atoms with Gasteiger partial charge in [-0.2, -0.15) is 5.26 Å². The van der Waals surface area contributed by atoms with Crippen LogP contribution in [0.5, 0.6) is 0 Å². The number of hydrogen-bond acceptors (Lipinski definition) is 3. The van der Waals surface area contributed by atoms with E-state index < -0.39 is 10.8 Å². The Morgan fingerprint density at radius 1 is 1.36 bits per heavy atom. The second kappa shape index (κ2) is 4.90. The van der Waals surface area contributed by atoms with Crippen molar-refractivity contribution in [1.82, 2.24) is 0 Å². The molecule has 0 fully saturated rings.